The van der Waals surface area contributed by atoms with Crippen LogP contribution in [0.1, 0.15) is 43.5 Å². The number of aryl methyl sites for hydroxylation is 2. The molecular weight excluding hydrogens is 260 g/mol. The maximum Gasteiger partial charge on any atom is 0.337 e. The van der Waals surface area contributed by atoms with Crippen molar-refractivity contribution < 1.29 is 19.8 Å². The highest BCUT2D eigenvalue weighted by molar-refractivity contribution is 5.90. The van der Waals surface area contributed by atoms with Gasteiger partial charge in [0.15, 0.2) is 0 Å². The van der Waals surface area contributed by atoms with Gasteiger partial charge in [0, 0.05) is 11.4 Å². The first kappa shape index (κ1) is 13.9. The lowest BCUT2D eigenvalue weighted by molar-refractivity contribution is 0.0684. The third-order valence-electron chi connectivity index (χ3n) is 3.45. The molecule has 6 nitrogen and oxygen atoms in total. The predicted molar refractivity (Wildman–Crippen MR) is 72.5 cm³/mol. The third-order valence-corrected chi connectivity index (χ3v) is 3.45. The van der Waals surface area contributed by atoms with Crippen LogP contribution in [0.25, 0.3) is 0 Å². The number of aromatic carboxylic acids is 2. The van der Waals surface area contributed by atoms with Crippen LogP contribution in [0.5, 0.6) is 0 Å². The van der Waals surface area contributed by atoms with Crippen molar-refractivity contribution >= 4 is 11.9 Å². The molecule has 0 aromatic carbocycles. The van der Waals surface area contributed by atoms with Gasteiger partial charge in [0.05, 0.1) is 22.5 Å². The van der Waals surface area contributed by atoms with E-state index >= 15 is 0 Å². The van der Waals surface area contributed by atoms with E-state index in [1.54, 1.807) is 49.2 Å². The van der Waals surface area contributed by atoms with E-state index in [1.807, 2.05) is 0 Å². The van der Waals surface area contributed by atoms with Crippen molar-refractivity contribution in [3.63, 3.8) is 0 Å². The summed E-state index contributed by atoms with van der Waals surface area (Å²) in [6, 6.07) is 3.16. The molecule has 2 aromatic heterocycles. The number of carbonyl (C=O) groups is 2. The maximum absolute atomic E-state index is 11.2. The topological polar surface area (TPSA) is 84.5 Å². The van der Waals surface area contributed by atoms with E-state index in [0.717, 1.165) is 11.4 Å². The summed E-state index contributed by atoms with van der Waals surface area (Å²) < 4.78 is 3.45. The fourth-order valence-electron chi connectivity index (χ4n) is 2.55. The third kappa shape index (κ3) is 1.89. The monoisotopic (exact) mass is 276 g/mol. The van der Waals surface area contributed by atoms with E-state index < -0.39 is 11.9 Å². The van der Waals surface area contributed by atoms with Crippen molar-refractivity contribution in [2.45, 2.75) is 27.7 Å². The van der Waals surface area contributed by atoms with Crippen LogP contribution in [0.15, 0.2) is 12.1 Å². The van der Waals surface area contributed by atoms with Crippen LogP contribution in [-0.2, 0) is 0 Å². The van der Waals surface area contributed by atoms with Crippen LogP contribution in [0, 0.1) is 27.7 Å². The first-order chi connectivity index (χ1) is 9.25. The second-order valence-electron chi connectivity index (χ2n) is 4.80. The fraction of sp³-hybridized carbons (Fsp3) is 0.286. The van der Waals surface area contributed by atoms with Gasteiger partial charge < -0.3 is 10.2 Å². The highest BCUT2D eigenvalue weighted by Gasteiger charge is 2.20. The van der Waals surface area contributed by atoms with Crippen LogP contribution >= 0.6 is 0 Å². The largest absolute Gasteiger partial charge is 0.478 e. The Morgan fingerprint density at radius 2 is 1.10 bits per heavy atom. The second kappa shape index (κ2) is 4.56. The molecule has 2 N–H and O–H groups in total. The molecule has 0 aliphatic rings. The lowest BCUT2D eigenvalue weighted by atomic mass is 10.2. The summed E-state index contributed by atoms with van der Waals surface area (Å²) in [6.45, 7) is 6.99. The van der Waals surface area contributed by atoms with Gasteiger partial charge in [-0.15, -0.1) is 0 Å². The highest BCUT2D eigenvalue weighted by atomic mass is 16.4. The molecule has 2 aromatic rings. The number of rotatable bonds is 3. The lowest BCUT2D eigenvalue weighted by Gasteiger charge is -2.16. The van der Waals surface area contributed by atoms with E-state index in [1.165, 1.54) is 0 Å². The lowest BCUT2D eigenvalue weighted by Crippen LogP contribution is -2.17. The highest BCUT2D eigenvalue weighted by Crippen LogP contribution is 2.21. The number of hydrogen-bond donors (Lipinski definition) is 2. The Balaban J connectivity index is 2.76. The van der Waals surface area contributed by atoms with Crippen LogP contribution in [0.3, 0.4) is 0 Å². The summed E-state index contributed by atoms with van der Waals surface area (Å²) >= 11 is 0. The Kier molecular flexibility index (Phi) is 3.17. The quantitative estimate of drug-likeness (QED) is 0.900. The van der Waals surface area contributed by atoms with Gasteiger partial charge in [0.2, 0.25) is 0 Å². The Labute approximate surface area is 115 Å². The zero-order chi connectivity index (χ0) is 15.2. The molecule has 106 valence electrons. The summed E-state index contributed by atoms with van der Waals surface area (Å²) in [5.41, 5.74) is 3.03. The minimum atomic E-state index is -0.995. The molecule has 0 saturated heterocycles. The molecule has 0 aliphatic carbocycles. The first-order valence-electron chi connectivity index (χ1n) is 6.10. The van der Waals surface area contributed by atoms with Gasteiger partial charge in [-0.2, -0.15) is 0 Å². The SMILES string of the molecule is Cc1cc(C(=O)O)c(C)n1-n1c(C)cc(C(=O)O)c1C. The molecule has 2 rings (SSSR count). The number of nitrogens with zero attached hydrogens (tertiary/aromatic N) is 2. The summed E-state index contributed by atoms with van der Waals surface area (Å²) in [7, 11) is 0. The van der Waals surface area contributed by atoms with Crippen LogP contribution in [-0.4, -0.2) is 31.5 Å². The number of hydrogen-bond acceptors (Lipinski definition) is 2. The van der Waals surface area contributed by atoms with E-state index in [9.17, 15) is 9.59 Å². The van der Waals surface area contributed by atoms with Crippen LogP contribution < -0.4 is 0 Å². The van der Waals surface area contributed by atoms with E-state index in [-0.39, 0.29) is 11.1 Å². The molecule has 0 radical (unpaired) electrons. The van der Waals surface area contributed by atoms with Gasteiger partial charge in [-0.05, 0) is 39.8 Å². The molecule has 2 heterocycles. The summed E-state index contributed by atoms with van der Waals surface area (Å²) in [6.07, 6.45) is 0. The fourth-order valence-corrected chi connectivity index (χ4v) is 2.55. The number of aromatic nitrogens is 2. The Bertz CT molecular complexity index is 660. The Morgan fingerprint density at radius 1 is 0.800 bits per heavy atom. The van der Waals surface area contributed by atoms with Gasteiger partial charge in [0.25, 0.3) is 0 Å². The number of carboxylic acids is 2. The van der Waals surface area contributed by atoms with Gasteiger partial charge in [-0.25, -0.2) is 9.59 Å². The van der Waals surface area contributed by atoms with Crippen molar-refractivity contribution in [3.8, 4) is 0 Å². The summed E-state index contributed by atoms with van der Waals surface area (Å²) in [4.78, 5) is 22.4. The summed E-state index contributed by atoms with van der Waals surface area (Å²) in [5, 5.41) is 18.3. The number of carboxylic acid groups (broad SMARTS) is 2. The molecule has 0 atom stereocenters. The van der Waals surface area contributed by atoms with Gasteiger partial charge in [-0.1, -0.05) is 0 Å². The minimum absolute atomic E-state index is 0.215. The van der Waals surface area contributed by atoms with E-state index in [4.69, 9.17) is 10.2 Å². The molecule has 0 unspecified atom stereocenters. The smallest absolute Gasteiger partial charge is 0.337 e. The predicted octanol–water partition coefficient (Wildman–Crippen LogP) is 2.23. The van der Waals surface area contributed by atoms with Crippen molar-refractivity contribution in [1.82, 2.24) is 9.35 Å². The first-order valence-corrected chi connectivity index (χ1v) is 6.10. The average molecular weight is 276 g/mol. The van der Waals surface area contributed by atoms with Crippen molar-refractivity contribution in [1.29, 1.82) is 0 Å². The maximum atomic E-state index is 11.2. The molecule has 0 spiro atoms. The van der Waals surface area contributed by atoms with E-state index in [2.05, 4.69) is 0 Å². The molecule has 0 bridgehead atoms. The van der Waals surface area contributed by atoms with Gasteiger partial charge in [0.1, 0.15) is 0 Å². The normalized spacial score (nSPS) is 10.8. The standard InChI is InChI=1S/C14H16N2O4/c1-7-5-11(13(17)18)9(3)15(7)16-8(2)6-12(10(16)4)14(19)20/h5-6H,1-4H3,(H,17,18)(H,19,20). The molecule has 0 amide bonds. The van der Waals surface area contributed by atoms with Crippen LogP contribution in [0.4, 0.5) is 0 Å². The summed E-state index contributed by atoms with van der Waals surface area (Å²) in [5.74, 6) is -1.99. The Morgan fingerprint density at radius 3 is 1.30 bits per heavy atom. The zero-order valence-electron chi connectivity index (χ0n) is 11.8. The van der Waals surface area contributed by atoms with Gasteiger partial charge >= 0.3 is 11.9 Å². The minimum Gasteiger partial charge on any atom is -0.478 e. The molecule has 6 heteroatoms. The Hall–Kier alpha value is -2.50. The van der Waals surface area contributed by atoms with E-state index in [0.29, 0.717) is 11.4 Å². The van der Waals surface area contributed by atoms with Crippen molar-refractivity contribution in [3.05, 3.63) is 46.0 Å². The molecule has 0 saturated carbocycles. The molecule has 20 heavy (non-hydrogen) atoms. The zero-order valence-corrected chi connectivity index (χ0v) is 11.8. The second-order valence-corrected chi connectivity index (χ2v) is 4.80. The molecular formula is C14H16N2O4. The van der Waals surface area contributed by atoms with Crippen molar-refractivity contribution in [2.24, 2.45) is 0 Å². The van der Waals surface area contributed by atoms with Crippen molar-refractivity contribution in [2.75, 3.05) is 0 Å². The molecule has 0 aliphatic heterocycles. The average Bonchev–Trinajstić information content (AvgIpc) is 2.78. The van der Waals surface area contributed by atoms with Crippen LogP contribution in [0.2, 0.25) is 0 Å². The molecule has 0 fully saturated rings. The van der Waals surface area contributed by atoms with Gasteiger partial charge in [-0.3, -0.25) is 9.35 Å².